The van der Waals surface area contributed by atoms with Crippen molar-refractivity contribution in [2.45, 2.75) is 12.8 Å². The summed E-state index contributed by atoms with van der Waals surface area (Å²) in [7, 11) is 0. The lowest BCUT2D eigenvalue weighted by molar-refractivity contribution is -0.136. The molecule has 2 aliphatic rings. The molecule has 0 bridgehead atoms. The summed E-state index contributed by atoms with van der Waals surface area (Å²) in [5.41, 5.74) is 3.17. The number of rotatable bonds is 4. The van der Waals surface area contributed by atoms with Crippen molar-refractivity contribution in [2.24, 2.45) is 5.92 Å². The number of piperidine rings is 1. The van der Waals surface area contributed by atoms with Gasteiger partial charge in [0.25, 0.3) is 0 Å². The van der Waals surface area contributed by atoms with Crippen LogP contribution in [0.3, 0.4) is 0 Å². The molecule has 164 valence electrons. The molecule has 6 heteroatoms. The van der Waals surface area contributed by atoms with E-state index < -0.39 is 0 Å². The number of aromatic nitrogens is 2. The van der Waals surface area contributed by atoms with Crippen LogP contribution in [-0.4, -0.2) is 60.3 Å². The summed E-state index contributed by atoms with van der Waals surface area (Å²) in [4.78, 5) is 19.9. The first-order chi connectivity index (χ1) is 15.8. The van der Waals surface area contributed by atoms with Crippen LogP contribution in [0.2, 0.25) is 0 Å². The largest absolute Gasteiger partial charge is 0.368 e. The average Bonchev–Trinajstić information content (AvgIpc) is 2.89. The van der Waals surface area contributed by atoms with Gasteiger partial charge in [-0.3, -0.25) is 4.79 Å². The van der Waals surface area contributed by atoms with E-state index in [1.54, 1.807) is 0 Å². The van der Waals surface area contributed by atoms with Gasteiger partial charge in [-0.1, -0.05) is 48.5 Å². The predicted molar refractivity (Wildman–Crippen MR) is 128 cm³/mol. The van der Waals surface area contributed by atoms with E-state index in [1.165, 1.54) is 5.69 Å². The van der Waals surface area contributed by atoms with Gasteiger partial charge in [-0.15, -0.1) is 10.2 Å². The van der Waals surface area contributed by atoms with E-state index in [0.717, 1.165) is 69.2 Å². The molecule has 3 aromatic rings. The minimum Gasteiger partial charge on any atom is -0.368 e. The van der Waals surface area contributed by atoms with Gasteiger partial charge in [0.2, 0.25) is 5.91 Å². The van der Waals surface area contributed by atoms with E-state index in [2.05, 4.69) is 49.2 Å². The standard InChI is InChI=1S/C26H29N5O/c32-26(30-18-16-29(17-19-30)23-11-5-2-6-12-23)22-10-7-15-31(20-22)25-14-13-24(27-28-25)21-8-3-1-4-9-21/h1-6,8-9,11-14,22H,7,10,15-20H2/t22-/m1/s1. The van der Waals surface area contributed by atoms with E-state index in [4.69, 9.17) is 0 Å². The highest BCUT2D eigenvalue weighted by molar-refractivity contribution is 5.80. The van der Waals surface area contributed by atoms with Gasteiger partial charge in [0.15, 0.2) is 5.82 Å². The molecule has 2 fully saturated rings. The number of carbonyl (C=O) groups excluding carboxylic acids is 1. The zero-order chi connectivity index (χ0) is 21.8. The topological polar surface area (TPSA) is 52.6 Å². The zero-order valence-electron chi connectivity index (χ0n) is 18.3. The van der Waals surface area contributed by atoms with Crippen LogP contribution < -0.4 is 9.80 Å². The van der Waals surface area contributed by atoms with E-state index in [0.29, 0.717) is 0 Å². The SMILES string of the molecule is O=C([C@@H]1CCCN(c2ccc(-c3ccccc3)nn2)C1)N1CCN(c2ccccc2)CC1. The predicted octanol–water partition coefficient (Wildman–Crippen LogP) is 3.71. The number of hydrogen-bond donors (Lipinski definition) is 0. The molecule has 0 saturated carbocycles. The Hall–Kier alpha value is -3.41. The van der Waals surface area contributed by atoms with Crippen LogP contribution in [0.1, 0.15) is 12.8 Å². The molecule has 0 radical (unpaired) electrons. The van der Waals surface area contributed by atoms with Gasteiger partial charge in [-0.2, -0.15) is 0 Å². The van der Waals surface area contributed by atoms with Gasteiger partial charge < -0.3 is 14.7 Å². The average molecular weight is 428 g/mol. The molecule has 5 rings (SSSR count). The molecule has 0 N–H and O–H groups in total. The summed E-state index contributed by atoms with van der Waals surface area (Å²) in [6.45, 7) is 4.99. The number of para-hydroxylation sites is 1. The van der Waals surface area contributed by atoms with E-state index in [9.17, 15) is 4.79 Å². The van der Waals surface area contributed by atoms with Gasteiger partial charge in [0.1, 0.15) is 0 Å². The Morgan fingerprint density at radius 2 is 1.47 bits per heavy atom. The molecule has 6 nitrogen and oxygen atoms in total. The quantitative estimate of drug-likeness (QED) is 0.635. The molecule has 2 aromatic carbocycles. The van der Waals surface area contributed by atoms with E-state index in [1.807, 2.05) is 48.5 Å². The van der Waals surface area contributed by atoms with Crippen molar-refractivity contribution >= 4 is 17.4 Å². The Labute approximate surface area is 189 Å². The lowest BCUT2D eigenvalue weighted by Gasteiger charge is -2.40. The summed E-state index contributed by atoms with van der Waals surface area (Å²) in [6, 6.07) is 24.6. The molecular weight excluding hydrogens is 398 g/mol. The third-order valence-electron chi connectivity index (χ3n) is 6.53. The van der Waals surface area contributed by atoms with Crippen LogP contribution in [-0.2, 0) is 4.79 Å². The number of amides is 1. The summed E-state index contributed by atoms with van der Waals surface area (Å²) in [5, 5.41) is 8.90. The maximum atomic E-state index is 13.3. The molecule has 2 aliphatic heterocycles. The molecule has 1 amide bonds. The second kappa shape index (κ2) is 9.39. The smallest absolute Gasteiger partial charge is 0.227 e. The molecule has 32 heavy (non-hydrogen) atoms. The summed E-state index contributed by atoms with van der Waals surface area (Å²) in [6.07, 6.45) is 1.95. The van der Waals surface area contributed by atoms with Crippen LogP contribution in [0.4, 0.5) is 11.5 Å². The molecule has 1 aromatic heterocycles. The normalized spacial score (nSPS) is 19.1. The van der Waals surface area contributed by atoms with Crippen molar-refractivity contribution in [3.05, 3.63) is 72.8 Å². The zero-order valence-corrected chi connectivity index (χ0v) is 18.3. The van der Waals surface area contributed by atoms with Crippen LogP contribution >= 0.6 is 0 Å². The first kappa shape index (κ1) is 20.5. The molecule has 1 atom stereocenters. The number of hydrogen-bond acceptors (Lipinski definition) is 5. The molecular formula is C26H29N5O. The van der Waals surface area contributed by atoms with Crippen molar-refractivity contribution in [1.29, 1.82) is 0 Å². The van der Waals surface area contributed by atoms with Gasteiger partial charge in [-0.25, -0.2) is 0 Å². The van der Waals surface area contributed by atoms with Crippen molar-refractivity contribution in [3.8, 4) is 11.3 Å². The first-order valence-electron chi connectivity index (χ1n) is 11.5. The first-order valence-corrected chi connectivity index (χ1v) is 11.5. The van der Waals surface area contributed by atoms with Crippen LogP contribution in [0, 0.1) is 5.92 Å². The molecule has 0 unspecified atom stereocenters. The van der Waals surface area contributed by atoms with Crippen molar-refractivity contribution in [2.75, 3.05) is 49.1 Å². The van der Waals surface area contributed by atoms with Gasteiger partial charge in [0, 0.05) is 50.5 Å². The Balaban J connectivity index is 1.19. The van der Waals surface area contributed by atoms with Crippen molar-refractivity contribution < 1.29 is 4.79 Å². The van der Waals surface area contributed by atoms with Crippen molar-refractivity contribution in [3.63, 3.8) is 0 Å². The fraction of sp³-hybridized carbons (Fsp3) is 0.346. The van der Waals surface area contributed by atoms with E-state index >= 15 is 0 Å². The Morgan fingerprint density at radius 3 is 2.16 bits per heavy atom. The fourth-order valence-corrected chi connectivity index (χ4v) is 4.73. The van der Waals surface area contributed by atoms with Crippen molar-refractivity contribution in [1.82, 2.24) is 15.1 Å². The second-order valence-electron chi connectivity index (χ2n) is 8.58. The molecule has 3 heterocycles. The van der Waals surface area contributed by atoms with Crippen LogP contribution in [0.25, 0.3) is 11.3 Å². The number of piperazine rings is 1. The van der Waals surface area contributed by atoms with Gasteiger partial charge in [0.05, 0.1) is 11.6 Å². The summed E-state index contributed by atoms with van der Waals surface area (Å²) < 4.78 is 0. The maximum Gasteiger partial charge on any atom is 0.227 e. The summed E-state index contributed by atoms with van der Waals surface area (Å²) in [5.74, 6) is 1.18. The van der Waals surface area contributed by atoms with Crippen LogP contribution in [0.15, 0.2) is 72.8 Å². The summed E-state index contributed by atoms with van der Waals surface area (Å²) >= 11 is 0. The maximum absolute atomic E-state index is 13.3. The lowest BCUT2D eigenvalue weighted by atomic mass is 9.96. The molecule has 0 spiro atoms. The number of anilines is 2. The third kappa shape index (κ3) is 4.44. The number of nitrogens with zero attached hydrogens (tertiary/aromatic N) is 5. The molecule has 0 aliphatic carbocycles. The Bertz CT molecular complexity index is 1020. The van der Waals surface area contributed by atoms with E-state index in [-0.39, 0.29) is 11.8 Å². The fourth-order valence-electron chi connectivity index (χ4n) is 4.73. The number of carbonyl (C=O) groups is 1. The minimum absolute atomic E-state index is 0.0302. The lowest BCUT2D eigenvalue weighted by Crippen LogP contribution is -2.52. The number of benzene rings is 2. The Kier molecular flexibility index (Phi) is 6.01. The minimum atomic E-state index is 0.0302. The highest BCUT2D eigenvalue weighted by atomic mass is 16.2. The van der Waals surface area contributed by atoms with Gasteiger partial charge >= 0.3 is 0 Å². The monoisotopic (exact) mass is 427 g/mol. The second-order valence-corrected chi connectivity index (χ2v) is 8.58. The third-order valence-corrected chi connectivity index (χ3v) is 6.53. The molecule has 2 saturated heterocycles. The highest BCUT2D eigenvalue weighted by Crippen LogP contribution is 2.25. The van der Waals surface area contributed by atoms with Gasteiger partial charge in [-0.05, 0) is 37.1 Å². The van der Waals surface area contributed by atoms with Crippen LogP contribution in [0.5, 0.6) is 0 Å². The highest BCUT2D eigenvalue weighted by Gasteiger charge is 2.31. The Morgan fingerprint density at radius 1 is 0.750 bits per heavy atom.